The van der Waals surface area contributed by atoms with Crippen LogP contribution in [-0.4, -0.2) is 49.8 Å². The molecule has 0 radical (unpaired) electrons. The fourth-order valence-electron chi connectivity index (χ4n) is 2.07. The molecule has 9 heteroatoms. The van der Waals surface area contributed by atoms with Crippen LogP contribution in [0.15, 0.2) is 10.6 Å². The van der Waals surface area contributed by atoms with Crippen LogP contribution in [0.2, 0.25) is 0 Å². The molecule has 0 atom stereocenters. The normalized spacial score (nSPS) is 14.6. The predicted molar refractivity (Wildman–Crippen MR) is 72.3 cm³/mol. The van der Waals surface area contributed by atoms with E-state index in [0.29, 0.717) is 24.2 Å². The summed E-state index contributed by atoms with van der Waals surface area (Å²) in [6, 6.07) is 2.10. The number of hydrogen-bond acceptors (Lipinski definition) is 7. The molecule has 2 heterocycles. The molecule has 9 nitrogen and oxygen atoms in total. The molecule has 0 aliphatic heterocycles. The minimum absolute atomic E-state index is 0.156. The molecule has 1 saturated carbocycles. The number of aromatic nitrogens is 5. The second-order valence-corrected chi connectivity index (χ2v) is 5.31. The zero-order chi connectivity index (χ0) is 14.8. The van der Waals surface area contributed by atoms with Crippen LogP contribution in [0.1, 0.15) is 30.5 Å². The number of nitrogens with zero attached hydrogens (tertiary/aromatic N) is 6. The highest BCUT2D eigenvalue weighted by Crippen LogP contribution is 2.34. The second-order valence-electron chi connectivity index (χ2n) is 5.31. The maximum absolute atomic E-state index is 11.9. The molecule has 1 fully saturated rings. The van der Waals surface area contributed by atoms with Crippen LogP contribution in [0, 0.1) is 6.92 Å². The van der Waals surface area contributed by atoms with Gasteiger partial charge < -0.3 is 9.84 Å². The summed E-state index contributed by atoms with van der Waals surface area (Å²) in [6.45, 7) is 2.52. The first-order valence-electron chi connectivity index (χ1n) is 6.80. The zero-order valence-corrected chi connectivity index (χ0v) is 12.0. The molecule has 112 valence electrons. The highest BCUT2D eigenvalue weighted by Gasteiger charge is 2.28. The Bertz CT molecular complexity index is 631. The van der Waals surface area contributed by atoms with Gasteiger partial charge in [-0.25, -0.2) is 4.68 Å². The van der Waals surface area contributed by atoms with Crippen molar-refractivity contribution >= 4 is 11.7 Å². The van der Waals surface area contributed by atoms with E-state index in [2.05, 4.69) is 26.0 Å². The third-order valence-corrected chi connectivity index (χ3v) is 3.17. The van der Waals surface area contributed by atoms with Crippen LogP contribution < -0.4 is 5.32 Å². The first-order valence-corrected chi connectivity index (χ1v) is 6.80. The van der Waals surface area contributed by atoms with Gasteiger partial charge in [-0.3, -0.25) is 9.69 Å². The maximum atomic E-state index is 11.9. The molecular formula is C12H17N7O2. The van der Waals surface area contributed by atoms with Crippen molar-refractivity contribution in [3.05, 3.63) is 17.7 Å². The van der Waals surface area contributed by atoms with E-state index in [1.165, 1.54) is 0 Å². The fourth-order valence-corrected chi connectivity index (χ4v) is 2.07. The summed E-state index contributed by atoms with van der Waals surface area (Å²) in [5.41, 5.74) is 0. The molecule has 1 aliphatic carbocycles. The monoisotopic (exact) mass is 291 g/mol. The minimum Gasteiger partial charge on any atom is -0.360 e. The molecule has 1 N–H and O–H groups in total. The van der Waals surface area contributed by atoms with Gasteiger partial charge in [0.25, 0.3) is 0 Å². The summed E-state index contributed by atoms with van der Waals surface area (Å²) in [4.78, 5) is 13.8. The van der Waals surface area contributed by atoms with Crippen molar-refractivity contribution in [2.24, 2.45) is 0 Å². The maximum Gasteiger partial charge on any atom is 0.239 e. The van der Waals surface area contributed by atoms with Crippen molar-refractivity contribution in [3.63, 3.8) is 0 Å². The Kier molecular flexibility index (Phi) is 3.65. The van der Waals surface area contributed by atoms with Crippen LogP contribution in [0.25, 0.3) is 0 Å². The van der Waals surface area contributed by atoms with Gasteiger partial charge in [0.1, 0.15) is 5.76 Å². The van der Waals surface area contributed by atoms with E-state index in [4.69, 9.17) is 4.52 Å². The van der Waals surface area contributed by atoms with Gasteiger partial charge in [-0.2, -0.15) is 0 Å². The average Bonchev–Trinajstić information content (AvgIpc) is 3.03. The SMILES string of the molecule is Cc1cc(NC(=O)CN(C)Cc2nnnn2C2CC2)no1. The minimum atomic E-state index is -0.156. The summed E-state index contributed by atoms with van der Waals surface area (Å²) < 4.78 is 6.74. The molecule has 0 unspecified atom stereocenters. The topological polar surface area (TPSA) is 102 Å². The summed E-state index contributed by atoms with van der Waals surface area (Å²) in [5.74, 6) is 1.71. The van der Waals surface area contributed by atoms with Gasteiger partial charge in [-0.15, -0.1) is 5.10 Å². The Morgan fingerprint density at radius 2 is 2.38 bits per heavy atom. The summed E-state index contributed by atoms with van der Waals surface area (Å²) in [7, 11) is 1.85. The number of carbonyl (C=O) groups excluding carboxylic acids is 1. The second kappa shape index (κ2) is 5.60. The standard InChI is InChI=1S/C12H17N7O2/c1-8-5-10(15-21-8)13-12(20)7-18(2)6-11-14-16-17-19(11)9-3-4-9/h5,9H,3-4,6-7H2,1-2H3,(H,13,15,20). The van der Waals surface area contributed by atoms with Crippen LogP contribution >= 0.6 is 0 Å². The summed E-state index contributed by atoms with van der Waals surface area (Å²) >= 11 is 0. The van der Waals surface area contributed by atoms with Crippen LogP contribution in [0.4, 0.5) is 5.82 Å². The van der Waals surface area contributed by atoms with Crippen molar-refractivity contribution in [1.82, 2.24) is 30.3 Å². The van der Waals surface area contributed by atoms with Gasteiger partial charge >= 0.3 is 0 Å². The van der Waals surface area contributed by atoms with Gasteiger partial charge in [-0.1, -0.05) is 5.16 Å². The number of tetrazole rings is 1. The molecule has 3 rings (SSSR count). The lowest BCUT2D eigenvalue weighted by atomic mass is 10.4. The van der Waals surface area contributed by atoms with E-state index in [1.54, 1.807) is 13.0 Å². The van der Waals surface area contributed by atoms with Crippen molar-refractivity contribution in [2.45, 2.75) is 32.4 Å². The van der Waals surface area contributed by atoms with E-state index >= 15 is 0 Å². The first-order chi connectivity index (χ1) is 10.1. The van der Waals surface area contributed by atoms with E-state index in [-0.39, 0.29) is 12.5 Å². The number of carbonyl (C=O) groups is 1. The van der Waals surface area contributed by atoms with E-state index in [9.17, 15) is 4.79 Å². The number of hydrogen-bond donors (Lipinski definition) is 1. The highest BCUT2D eigenvalue weighted by atomic mass is 16.5. The number of aryl methyl sites for hydroxylation is 1. The summed E-state index contributed by atoms with van der Waals surface area (Å²) in [6.07, 6.45) is 2.24. The molecule has 0 saturated heterocycles. The van der Waals surface area contributed by atoms with Crippen LogP contribution in [0.3, 0.4) is 0 Å². The molecule has 2 aromatic heterocycles. The van der Waals surface area contributed by atoms with Gasteiger partial charge in [0.15, 0.2) is 11.6 Å². The molecular weight excluding hydrogens is 274 g/mol. The third-order valence-electron chi connectivity index (χ3n) is 3.17. The van der Waals surface area contributed by atoms with Crippen molar-refractivity contribution in [3.8, 4) is 0 Å². The number of rotatable bonds is 6. The van der Waals surface area contributed by atoms with E-state index in [1.807, 2.05) is 16.6 Å². The highest BCUT2D eigenvalue weighted by molar-refractivity contribution is 5.91. The number of amides is 1. The molecule has 0 bridgehead atoms. The van der Waals surface area contributed by atoms with Gasteiger partial charge in [-0.05, 0) is 37.2 Å². The number of anilines is 1. The first kappa shape index (κ1) is 13.7. The molecule has 21 heavy (non-hydrogen) atoms. The number of nitrogens with one attached hydrogen (secondary N) is 1. The van der Waals surface area contributed by atoms with Crippen molar-refractivity contribution in [1.29, 1.82) is 0 Å². The smallest absolute Gasteiger partial charge is 0.239 e. The Morgan fingerprint density at radius 1 is 1.57 bits per heavy atom. The molecule has 0 spiro atoms. The Balaban J connectivity index is 1.52. The lowest BCUT2D eigenvalue weighted by Gasteiger charge is -2.14. The van der Waals surface area contributed by atoms with Gasteiger partial charge in [0.2, 0.25) is 5.91 Å². The third kappa shape index (κ3) is 3.43. The Hall–Kier alpha value is -2.29. The van der Waals surface area contributed by atoms with E-state index in [0.717, 1.165) is 18.7 Å². The Labute approximate surface area is 121 Å². The molecule has 1 aliphatic rings. The molecule has 1 amide bonds. The quantitative estimate of drug-likeness (QED) is 0.820. The van der Waals surface area contributed by atoms with Crippen LogP contribution in [-0.2, 0) is 11.3 Å². The lowest BCUT2D eigenvalue weighted by Crippen LogP contribution is -2.31. The molecule has 0 aromatic carbocycles. The van der Waals surface area contributed by atoms with E-state index < -0.39 is 0 Å². The average molecular weight is 291 g/mol. The zero-order valence-electron chi connectivity index (χ0n) is 12.0. The number of likely N-dealkylation sites (N-methyl/N-ethyl adjacent to an activating group) is 1. The lowest BCUT2D eigenvalue weighted by molar-refractivity contribution is -0.117. The van der Waals surface area contributed by atoms with Gasteiger partial charge in [0, 0.05) is 6.07 Å². The Morgan fingerprint density at radius 3 is 3.05 bits per heavy atom. The van der Waals surface area contributed by atoms with Crippen LogP contribution in [0.5, 0.6) is 0 Å². The fraction of sp³-hybridized carbons (Fsp3) is 0.583. The predicted octanol–water partition coefficient (Wildman–Crippen LogP) is 0.375. The van der Waals surface area contributed by atoms with Crippen molar-refractivity contribution < 1.29 is 9.32 Å². The summed E-state index contributed by atoms with van der Waals surface area (Å²) in [5, 5.41) is 18.1. The largest absolute Gasteiger partial charge is 0.360 e. The molecule has 2 aromatic rings. The van der Waals surface area contributed by atoms with Gasteiger partial charge in [0.05, 0.1) is 19.1 Å². The van der Waals surface area contributed by atoms with Crippen molar-refractivity contribution in [2.75, 3.05) is 18.9 Å².